The third kappa shape index (κ3) is 2.90. The molecule has 0 atom stereocenters. The van der Waals surface area contributed by atoms with Gasteiger partial charge in [-0.3, -0.25) is 19.7 Å². The Morgan fingerprint density at radius 2 is 1.95 bits per heavy atom. The zero-order valence-electron chi connectivity index (χ0n) is 11.6. The number of anilines is 2. The van der Waals surface area contributed by atoms with Gasteiger partial charge in [-0.05, 0) is 30.2 Å². The van der Waals surface area contributed by atoms with E-state index in [1.807, 2.05) is 0 Å². The van der Waals surface area contributed by atoms with E-state index < -0.39 is 11.9 Å². The molecule has 5 amide bonds. The number of benzene rings is 1. The highest BCUT2D eigenvalue weighted by atomic mass is 16.2. The molecular formula is C14H14N4O4. The van der Waals surface area contributed by atoms with Gasteiger partial charge in [-0.25, -0.2) is 4.79 Å². The number of fused-ring (bicyclic) bond motifs is 1. The lowest BCUT2D eigenvalue weighted by Crippen LogP contribution is -2.35. The maximum atomic E-state index is 11.9. The van der Waals surface area contributed by atoms with E-state index in [9.17, 15) is 19.2 Å². The molecule has 1 aromatic rings. The molecule has 1 fully saturated rings. The quantitative estimate of drug-likeness (QED) is 0.686. The fourth-order valence-electron chi connectivity index (χ4n) is 2.45. The Morgan fingerprint density at radius 3 is 2.68 bits per heavy atom. The van der Waals surface area contributed by atoms with Crippen LogP contribution in [0, 0.1) is 0 Å². The lowest BCUT2D eigenvalue weighted by atomic mass is 10.0. The molecule has 1 saturated heterocycles. The molecule has 22 heavy (non-hydrogen) atoms. The largest absolute Gasteiger partial charge is 0.326 e. The zero-order chi connectivity index (χ0) is 15.7. The normalized spacial score (nSPS) is 16.9. The van der Waals surface area contributed by atoms with Crippen molar-refractivity contribution in [2.24, 2.45) is 0 Å². The van der Waals surface area contributed by atoms with E-state index in [1.54, 1.807) is 18.2 Å². The number of nitrogens with one attached hydrogen (secondary N) is 3. The summed E-state index contributed by atoms with van der Waals surface area (Å²) in [6.45, 7) is -0.298. The first-order valence-electron chi connectivity index (χ1n) is 6.82. The van der Waals surface area contributed by atoms with Crippen LogP contribution in [0.15, 0.2) is 18.2 Å². The van der Waals surface area contributed by atoms with Crippen LogP contribution in [0.25, 0.3) is 0 Å². The molecule has 0 saturated carbocycles. The van der Waals surface area contributed by atoms with Crippen LogP contribution in [0.3, 0.4) is 0 Å². The highest BCUT2D eigenvalue weighted by molar-refractivity contribution is 6.04. The molecule has 114 valence electrons. The molecule has 1 aromatic carbocycles. The molecule has 0 spiro atoms. The Morgan fingerprint density at radius 1 is 1.14 bits per heavy atom. The summed E-state index contributed by atoms with van der Waals surface area (Å²) in [4.78, 5) is 46.8. The van der Waals surface area contributed by atoms with E-state index in [-0.39, 0.29) is 24.9 Å². The van der Waals surface area contributed by atoms with Crippen molar-refractivity contribution in [3.05, 3.63) is 23.8 Å². The van der Waals surface area contributed by atoms with E-state index in [0.29, 0.717) is 18.5 Å². The number of amides is 5. The summed E-state index contributed by atoms with van der Waals surface area (Å²) in [6.07, 6.45) is 1.04. The minimum absolute atomic E-state index is 0.0194. The zero-order valence-corrected chi connectivity index (χ0v) is 11.6. The first-order chi connectivity index (χ1) is 10.5. The standard InChI is InChI=1S/C14H14N4O4/c19-11-4-1-8-5-9(2-3-10(8)16-11)15-12(20)6-18-7-13(21)17-14(18)22/h2-3,5H,1,4,6-7H2,(H,15,20)(H,16,19)(H,17,21,22). The van der Waals surface area contributed by atoms with Gasteiger partial charge < -0.3 is 15.5 Å². The van der Waals surface area contributed by atoms with Crippen LogP contribution in [-0.4, -0.2) is 41.7 Å². The second-order valence-corrected chi connectivity index (χ2v) is 5.18. The van der Waals surface area contributed by atoms with Gasteiger partial charge in [0.15, 0.2) is 0 Å². The van der Waals surface area contributed by atoms with Gasteiger partial charge in [-0.1, -0.05) is 0 Å². The van der Waals surface area contributed by atoms with Crippen LogP contribution in [0.4, 0.5) is 16.2 Å². The van der Waals surface area contributed by atoms with E-state index in [4.69, 9.17) is 0 Å². The van der Waals surface area contributed by atoms with Gasteiger partial charge in [0.2, 0.25) is 17.7 Å². The summed E-state index contributed by atoms with van der Waals surface area (Å²) in [6, 6.07) is 4.64. The van der Waals surface area contributed by atoms with Crippen LogP contribution in [0.2, 0.25) is 0 Å². The summed E-state index contributed by atoms with van der Waals surface area (Å²) in [5, 5.41) is 7.55. The summed E-state index contributed by atoms with van der Waals surface area (Å²) < 4.78 is 0. The Bertz CT molecular complexity index is 685. The molecule has 3 rings (SSSR count). The number of imide groups is 1. The SMILES string of the molecule is O=C1CN(CC(=O)Nc2ccc3c(c2)CCC(=O)N3)C(=O)N1. The maximum absolute atomic E-state index is 11.9. The lowest BCUT2D eigenvalue weighted by molar-refractivity contribution is -0.119. The highest BCUT2D eigenvalue weighted by Crippen LogP contribution is 2.25. The van der Waals surface area contributed by atoms with Gasteiger partial charge in [0, 0.05) is 17.8 Å². The molecule has 0 unspecified atom stereocenters. The van der Waals surface area contributed by atoms with E-state index in [1.165, 1.54) is 0 Å². The fraction of sp³-hybridized carbons (Fsp3) is 0.286. The van der Waals surface area contributed by atoms with Crippen molar-refractivity contribution in [3.8, 4) is 0 Å². The number of urea groups is 1. The number of hydrogen-bond donors (Lipinski definition) is 3. The molecule has 2 aliphatic heterocycles. The Labute approximate surface area is 125 Å². The molecule has 2 aliphatic rings. The van der Waals surface area contributed by atoms with Crippen molar-refractivity contribution >= 4 is 35.1 Å². The minimum Gasteiger partial charge on any atom is -0.326 e. The maximum Gasteiger partial charge on any atom is 0.325 e. The second-order valence-electron chi connectivity index (χ2n) is 5.18. The number of carbonyl (C=O) groups is 4. The van der Waals surface area contributed by atoms with Crippen molar-refractivity contribution in [1.29, 1.82) is 0 Å². The van der Waals surface area contributed by atoms with Gasteiger partial charge in [-0.15, -0.1) is 0 Å². The molecule has 0 radical (unpaired) electrons. The summed E-state index contributed by atoms with van der Waals surface area (Å²) in [5.41, 5.74) is 2.29. The van der Waals surface area contributed by atoms with Crippen LogP contribution >= 0.6 is 0 Å². The van der Waals surface area contributed by atoms with Crippen molar-refractivity contribution in [3.63, 3.8) is 0 Å². The Hall–Kier alpha value is -2.90. The van der Waals surface area contributed by atoms with Crippen molar-refractivity contribution in [1.82, 2.24) is 10.2 Å². The van der Waals surface area contributed by atoms with Gasteiger partial charge >= 0.3 is 6.03 Å². The molecule has 3 N–H and O–H groups in total. The first kappa shape index (κ1) is 14.1. The summed E-state index contributed by atoms with van der Waals surface area (Å²) in [5.74, 6) is -0.819. The van der Waals surface area contributed by atoms with E-state index in [0.717, 1.165) is 16.2 Å². The van der Waals surface area contributed by atoms with Crippen LogP contribution in [0.5, 0.6) is 0 Å². The van der Waals surface area contributed by atoms with Gasteiger partial charge in [-0.2, -0.15) is 0 Å². The number of hydrogen-bond acceptors (Lipinski definition) is 4. The van der Waals surface area contributed by atoms with Gasteiger partial charge in [0.05, 0.1) is 0 Å². The number of carbonyl (C=O) groups excluding carboxylic acids is 4. The number of aryl methyl sites for hydroxylation is 1. The molecule has 0 aromatic heterocycles. The first-order valence-corrected chi connectivity index (χ1v) is 6.82. The van der Waals surface area contributed by atoms with Crippen molar-refractivity contribution in [2.75, 3.05) is 23.7 Å². The minimum atomic E-state index is -0.562. The third-order valence-corrected chi connectivity index (χ3v) is 3.49. The molecule has 8 nitrogen and oxygen atoms in total. The van der Waals surface area contributed by atoms with E-state index >= 15 is 0 Å². The fourth-order valence-corrected chi connectivity index (χ4v) is 2.45. The van der Waals surface area contributed by atoms with Gasteiger partial charge in [0.1, 0.15) is 13.1 Å². The van der Waals surface area contributed by atoms with E-state index in [2.05, 4.69) is 16.0 Å². The van der Waals surface area contributed by atoms with Crippen LogP contribution < -0.4 is 16.0 Å². The van der Waals surface area contributed by atoms with Crippen molar-refractivity contribution in [2.45, 2.75) is 12.8 Å². The molecule has 0 bridgehead atoms. The highest BCUT2D eigenvalue weighted by Gasteiger charge is 2.28. The Kier molecular flexibility index (Phi) is 3.50. The topological polar surface area (TPSA) is 108 Å². The molecule has 0 aliphatic carbocycles. The van der Waals surface area contributed by atoms with Crippen molar-refractivity contribution < 1.29 is 19.2 Å². The Balaban J connectivity index is 1.63. The predicted octanol–water partition coefficient (Wildman–Crippen LogP) is 0.0616. The second kappa shape index (κ2) is 5.47. The summed E-state index contributed by atoms with van der Waals surface area (Å²) >= 11 is 0. The average molecular weight is 302 g/mol. The smallest absolute Gasteiger partial charge is 0.325 e. The molecule has 2 heterocycles. The predicted molar refractivity (Wildman–Crippen MR) is 77.1 cm³/mol. The van der Waals surface area contributed by atoms with Crippen LogP contribution in [0.1, 0.15) is 12.0 Å². The average Bonchev–Trinajstić information content (AvgIpc) is 2.77. The molecular weight excluding hydrogens is 288 g/mol. The van der Waals surface area contributed by atoms with Gasteiger partial charge in [0.25, 0.3) is 0 Å². The molecule has 8 heteroatoms. The monoisotopic (exact) mass is 302 g/mol. The third-order valence-electron chi connectivity index (χ3n) is 3.49. The number of nitrogens with zero attached hydrogens (tertiary/aromatic N) is 1. The lowest BCUT2D eigenvalue weighted by Gasteiger charge is -2.18. The number of rotatable bonds is 3. The summed E-state index contributed by atoms with van der Waals surface area (Å²) in [7, 11) is 0. The van der Waals surface area contributed by atoms with Crippen LogP contribution in [-0.2, 0) is 20.8 Å².